The van der Waals surface area contributed by atoms with Crippen LogP contribution in [0.25, 0.3) is 0 Å². The second-order valence-corrected chi connectivity index (χ2v) is 6.79. The standard InChI is InChI=1S/C18H23ClN4/c1-13-7-9-23(10-8-13)12-15-3-5-16(6-4-15)22-18-11-17(19)20-14(2)21-18/h3-6,11,13H,7-10,12H2,1-2H3,(H,20,21,22). The first-order chi connectivity index (χ1) is 11.1. The number of halogens is 1. The van der Waals surface area contributed by atoms with E-state index in [9.17, 15) is 0 Å². The van der Waals surface area contributed by atoms with Gasteiger partial charge in [0.15, 0.2) is 0 Å². The molecule has 1 N–H and O–H groups in total. The van der Waals surface area contributed by atoms with E-state index in [4.69, 9.17) is 11.6 Å². The number of likely N-dealkylation sites (tertiary alicyclic amines) is 1. The molecule has 0 radical (unpaired) electrons. The van der Waals surface area contributed by atoms with Gasteiger partial charge in [0.05, 0.1) is 0 Å². The van der Waals surface area contributed by atoms with Gasteiger partial charge in [-0.15, -0.1) is 0 Å². The van der Waals surface area contributed by atoms with Gasteiger partial charge in [-0.25, -0.2) is 9.97 Å². The van der Waals surface area contributed by atoms with Crippen molar-refractivity contribution in [3.8, 4) is 0 Å². The molecule has 23 heavy (non-hydrogen) atoms. The van der Waals surface area contributed by atoms with E-state index in [1.165, 1.54) is 31.5 Å². The van der Waals surface area contributed by atoms with E-state index in [0.29, 0.717) is 11.0 Å². The summed E-state index contributed by atoms with van der Waals surface area (Å²) in [5.74, 6) is 2.26. The van der Waals surface area contributed by atoms with E-state index in [-0.39, 0.29) is 0 Å². The zero-order chi connectivity index (χ0) is 16.2. The van der Waals surface area contributed by atoms with Crippen molar-refractivity contribution in [3.63, 3.8) is 0 Å². The Balaban J connectivity index is 1.60. The third-order valence-corrected chi connectivity index (χ3v) is 4.51. The molecule has 0 spiro atoms. The normalized spacial score (nSPS) is 16.5. The molecule has 2 aromatic rings. The number of benzene rings is 1. The van der Waals surface area contributed by atoms with Crippen LogP contribution in [0.4, 0.5) is 11.5 Å². The number of hydrogen-bond acceptors (Lipinski definition) is 4. The molecule has 1 aliphatic heterocycles. The van der Waals surface area contributed by atoms with Crippen molar-refractivity contribution in [1.82, 2.24) is 14.9 Å². The summed E-state index contributed by atoms with van der Waals surface area (Å²) in [7, 11) is 0. The molecule has 4 nitrogen and oxygen atoms in total. The molecular formula is C18H23ClN4. The van der Waals surface area contributed by atoms with E-state index < -0.39 is 0 Å². The minimum atomic E-state index is 0.455. The second kappa shape index (κ2) is 7.28. The molecule has 2 heterocycles. The van der Waals surface area contributed by atoms with Gasteiger partial charge in [-0.3, -0.25) is 4.90 Å². The zero-order valence-corrected chi connectivity index (χ0v) is 14.5. The molecule has 1 aromatic carbocycles. The molecule has 0 saturated carbocycles. The SMILES string of the molecule is Cc1nc(Cl)cc(Nc2ccc(CN3CCC(C)CC3)cc2)n1. The van der Waals surface area contributed by atoms with Crippen LogP contribution in [0.15, 0.2) is 30.3 Å². The second-order valence-electron chi connectivity index (χ2n) is 6.40. The van der Waals surface area contributed by atoms with Crippen molar-refractivity contribution in [2.45, 2.75) is 33.2 Å². The number of aromatic nitrogens is 2. The fourth-order valence-corrected chi connectivity index (χ4v) is 3.14. The quantitative estimate of drug-likeness (QED) is 0.843. The first kappa shape index (κ1) is 16.2. The minimum absolute atomic E-state index is 0.455. The lowest BCUT2D eigenvalue weighted by Crippen LogP contribution is -2.32. The van der Waals surface area contributed by atoms with Crippen LogP contribution >= 0.6 is 11.6 Å². The maximum atomic E-state index is 5.96. The molecule has 0 bridgehead atoms. The lowest BCUT2D eigenvalue weighted by molar-refractivity contribution is 0.185. The van der Waals surface area contributed by atoms with Crippen molar-refractivity contribution in [2.75, 3.05) is 18.4 Å². The van der Waals surface area contributed by atoms with Gasteiger partial charge in [-0.1, -0.05) is 30.7 Å². The lowest BCUT2D eigenvalue weighted by Gasteiger charge is -2.30. The number of nitrogens with zero attached hydrogens (tertiary/aromatic N) is 3. The maximum absolute atomic E-state index is 5.96. The largest absolute Gasteiger partial charge is 0.340 e. The Labute approximate surface area is 142 Å². The van der Waals surface area contributed by atoms with Gasteiger partial charge in [0.2, 0.25) is 0 Å². The number of nitrogens with one attached hydrogen (secondary N) is 1. The molecular weight excluding hydrogens is 308 g/mol. The summed E-state index contributed by atoms with van der Waals surface area (Å²) in [5, 5.41) is 3.73. The van der Waals surface area contributed by atoms with E-state index in [2.05, 4.69) is 51.4 Å². The van der Waals surface area contributed by atoms with Crippen LogP contribution in [-0.2, 0) is 6.54 Å². The van der Waals surface area contributed by atoms with Crippen molar-refractivity contribution in [1.29, 1.82) is 0 Å². The minimum Gasteiger partial charge on any atom is -0.340 e. The molecule has 0 atom stereocenters. The van der Waals surface area contributed by atoms with Crippen LogP contribution in [0.2, 0.25) is 5.15 Å². The Hall–Kier alpha value is -1.65. The summed E-state index contributed by atoms with van der Waals surface area (Å²) >= 11 is 5.96. The maximum Gasteiger partial charge on any atom is 0.135 e. The summed E-state index contributed by atoms with van der Waals surface area (Å²) in [6.07, 6.45) is 2.63. The lowest BCUT2D eigenvalue weighted by atomic mass is 9.99. The van der Waals surface area contributed by atoms with Crippen molar-refractivity contribution >= 4 is 23.1 Å². The highest BCUT2D eigenvalue weighted by Gasteiger charge is 2.15. The van der Waals surface area contributed by atoms with Crippen LogP contribution in [0, 0.1) is 12.8 Å². The van der Waals surface area contributed by atoms with E-state index in [0.717, 1.165) is 24.0 Å². The zero-order valence-electron chi connectivity index (χ0n) is 13.7. The number of anilines is 2. The number of rotatable bonds is 4. The highest BCUT2D eigenvalue weighted by molar-refractivity contribution is 6.29. The van der Waals surface area contributed by atoms with Gasteiger partial charge >= 0.3 is 0 Å². The Morgan fingerprint density at radius 2 is 1.87 bits per heavy atom. The van der Waals surface area contributed by atoms with Gasteiger partial charge in [-0.2, -0.15) is 0 Å². The Kier molecular flexibility index (Phi) is 5.13. The first-order valence-corrected chi connectivity index (χ1v) is 8.56. The summed E-state index contributed by atoms with van der Waals surface area (Å²) in [4.78, 5) is 10.9. The molecule has 5 heteroatoms. The third-order valence-electron chi connectivity index (χ3n) is 4.32. The molecule has 1 aliphatic rings. The average molecular weight is 331 g/mol. The smallest absolute Gasteiger partial charge is 0.135 e. The van der Waals surface area contributed by atoms with E-state index >= 15 is 0 Å². The molecule has 1 fully saturated rings. The van der Waals surface area contributed by atoms with Crippen LogP contribution in [0.1, 0.15) is 31.2 Å². The highest BCUT2D eigenvalue weighted by Crippen LogP contribution is 2.21. The van der Waals surface area contributed by atoms with Crippen molar-refractivity contribution < 1.29 is 0 Å². The predicted octanol–water partition coefficient (Wildman–Crippen LogP) is 4.41. The molecule has 122 valence electrons. The predicted molar refractivity (Wildman–Crippen MR) is 95.2 cm³/mol. The molecule has 3 rings (SSSR count). The van der Waals surface area contributed by atoms with E-state index in [1.54, 1.807) is 6.07 Å². The summed E-state index contributed by atoms with van der Waals surface area (Å²) in [6.45, 7) is 7.63. The molecule has 0 amide bonds. The first-order valence-electron chi connectivity index (χ1n) is 8.18. The number of aryl methyl sites for hydroxylation is 1. The molecule has 1 aromatic heterocycles. The number of hydrogen-bond donors (Lipinski definition) is 1. The van der Waals surface area contributed by atoms with Gasteiger partial charge < -0.3 is 5.32 Å². The Bertz CT molecular complexity index is 628. The van der Waals surface area contributed by atoms with Crippen molar-refractivity contribution in [3.05, 3.63) is 46.9 Å². The number of piperidine rings is 1. The van der Waals surface area contributed by atoms with Crippen LogP contribution < -0.4 is 5.32 Å². The summed E-state index contributed by atoms with van der Waals surface area (Å²) < 4.78 is 0. The van der Waals surface area contributed by atoms with E-state index in [1.807, 2.05) is 6.92 Å². The monoisotopic (exact) mass is 330 g/mol. The van der Waals surface area contributed by atoms with Gasteiger partial charge in [0, 0.05) is 18.3 Å². The third kappa shape index (κ3) is 4.66. The van der Waals surface area contributed by atoms with Crippen LogP contribution in [-0.4, -0.2) is 28.0 Å². The van der Waals surface area contributed by atoms with Gasteiger partial charge in [0.1, 0.15) is 16.8 Å². The molecule has 0 unspecified atom stereocenters. The Morgan fingerprint density at radius 3 is 2.52 bits per heavy atom. The Morgan fingerprint density at radius 1 is 1.17 bits per heavy atom. The molecule has 1 saturated heterocycles. The fourth-order valence-electron chi connectivity index (χ4n) is 2.92. The summed E-state index contributed by atoms with van der Waals surface area (Å²) in [5.41, 5.74) is 2.36. The topological polar surface area (TPSA) is 41.1 Å². The van der Waals surface area contributed by atoms with Gasteiger partial charge in [-0.05, 0) is 56.5 Å². The highest BCUT2D eigenvalue weighted by atomic mass is 35.5. The molecule has 0 aliphatic carbocycles. The summed E-state index contributed by atoms with van der Waals surface area (Å²) in [6, 6.07) is 10.3. The average Bonchev–Trinajstić information content (AvgIpc) is 2.50. The fraction of sp³-hybridized carbons (Fsp3) is 0.444. The van der Waals surface area contributed by atoms with Crippen LogP contribution in [0.3, 0.4) is 0 Å². The van der Waals surface area contributed by atoms with Crippen LogP contribution in [0.5, 0.6) is 0 Å². The van der Waals surface area contributed by atoms with Gasteiger partial charge in [0.25, 0.3) is 0 Å². The van der Waals surface area contributed by atoms with Crippen molar-refractivity contribution in [2.24, 2.45) is 5.92 Å².